The molecule has 0 saturated carbocycles. The summed E-state index contributed by atoms with van der Waals surface area (Å²) in [5, 5.41) is 30.2. The number of methoxy groups -OCH3 is 1. The van der Waals surface area contributed by atoms with Crippen molar-refractivity contribution in [2.24, 2.45) is 0 Å². The molecule has 0 aliphatic heterocycles. The molecule has 0 spiro atoms. The molecule has 2 aromatic carbocycles. The highest BCUT2D eigenvalue weighted by Gasteiger charge is 2.37. The maximum atomic E-state index is 12.6. The quantitative estimate of drug-likeness (QED) is 0.621. The first kappa shape index (κ1) is 15.7. The van der Waals surface area contributed by atoms with E-state index in [1.54, 1.807) is 0 Å². The van der Waals surface area contributed by atoms with Gasteiger partial charge in [0, 0.05) is 18.2 Å². The topological polar surface area (TPSA) is 121 Å². The fourth-order valence-corrected chi connectivity index (χ4v) is 2.78. The smallest absolute Gasteiger partial charge is 0.198 e. The molecular formula is C17H12O7. The van der Waals surface area contributed by atoms with E-state index in [0.717, 1.165) is 6.07 Å². The number of aromatic hydroxyl groups is 3. The van der Waals surface area contributed by atoms with Crippen molar-refractivity contribution in [3.8, 4) is 17.2 Å². The lowest BCUT2D eigenvalue weighted by molar-refractivity contribution is 0.0841. The molecule has 1 aliphatic carbocycles. The highest BCUT2D eigenvalue weighted by Crippen LogP contribution is 2.41. The van der Waals surface area contributed by atoms with Crippen molar-refractivity contribution in [3.05, 3.63) is 52.1 Å². The molecule has 2 aromatic rings. The van der Waals surface area contributed by atoms with Gasteiger partial charge in [0.05, 0.1) is 11.1 Å². The molecule has 24 heavy (non-hydrogen) atoms. The van der Waals surface area contributed by atoms with Gasteiger partial charge < -0.3 is 20.1 Å². The highest BCUT2D eigenvalue weighted by atomic mass is 16.5. The average Bonchev–Trinajstić information content (AvgIpc) is 2.52. The number of rotatable bonds is 3. The third-order valence-electron chi connectivity index (χ3n) is 3.82. The zero-order valence-electron chi connectivity index (χ0n) is 12.5. The Hall–Kier alpha value is -3.19. The summed E-state index contributed by atoms with van der Waals surface area (Å²) in [6.45, 7) is -0.417. The lowest BCUT2D eigenvalue weighted by Gasteiger charge is -2.21. The van der Waals surface area contributed by atoms with Gasteiger partial charge in [-0.05, 0) is 12.1 Å². The minimum Gasteiger partial charge on any atom is -0.507 e. The number of ether oxygens (including phenoxy) is 1. The third-order valence-corrected chi connectivity index (χ3v) is 3.82. The molecule has 3 rings (SSSR count). The van der Waals surface area contributed by atoms with Crippen LogP contribution < -0.4 is 0 Å². The van der Waals surface area contributed by atoms with E-state index in [2.05, 4.69) is 4.74 Å². The molecular weight excluding hydrogens is 316 g/mol. The minimum absolute atomic E-state index is 0.0846. The first-order valence-corrected chi connectivity index (χ1v) is 6.91. The summed E-state index contributed by atoms with van der Waals surface area (Å²) in [7, 11) is 1.26. The molecule has 0 atom stereocenters. The van der Waals surface area contributed by atoms with Crippen molar-refractivity contribution in [1.82, 2.24) is 0 Å². The maximum Gasteiger partial charge on any atom is 0.198 e. The lowest BCUT2D eigenvalue weighted by atomic mass is 9.81. The lowest BCUT2D eigenvalue weighted by Crippen LogP contribution is -2.22. The second-order valence-corrected chi connectivity index (χ2v) is 5.26. The summed E-state index contributed by atoms with van der Waals surface area (Å²) in [4.78, 5) is 37.1. The monoisotopic (exact) mass is 328 g/mol. The van der Waals surface area contributed by atoms with Crippen LogP contribution >= 0.6 is 0 Å². The van der Waals surface area contributed by atoms with Crippen LogP contribution in [-0.2, 0) is 4.74 Å². The van der Waals surface area contributed by atoms with Crippen LogP contribution in [0.5, 0.6) is 17.2 Å². The summed E-state index contributed by atoms with van der Waals surface area (Å²) in [6, 6.07) is 4.92. The van der Waals surface area contributed by atoms with E-state index in [1.807, 2.05) is 0 Å². The van der Waals surface area contributed by atoms with Gasteiger partial charge in [-0.2, -0.15) is 0 Å². The molecule has 0 saturated heterocycles. The van der Waals surface area contributed by atoms with Gasteiger partial charge in [0.25, 0.3) is 0 Å². The Balaban J connectivity index is 2.30. The van der Waals surface area contributed by atoms with E-state index < -0.39 is 41.0 Å². The number of phenolic OH excluding ortho intramolecular Hbond substituents is 3. The SMILES string of the molecule is COCC(=O)c1c(O)cc2c(c1O)C(=O)c1cccc(O)c1C2=O. The largest absolute Gasteiger partial charge is 0.507 e. The van der Waals surface area contributed by atoms with Gasteiger partial charge in [-0.15, -0.1) is 0 Å². The van der Waals surface area contributed by atoms with Crippen molar-refractivity contribution in [3.63, 3.8) is 0 Å². The van der Waals surface area contributed by atoms with E-state index in [0.29, 0.717) is 0 Å². The van der Waals surface area contributed by atoms with Crippen LogP contribution in [0.15, 0.2) is 24.3 Å². The molecule has 0 radical (unpaired) electrons. The van der Waals surface area contributed by atoms with Crippen LogP contribution in [0.1, 0.15) is 42.2 Å². The summed E-state index contributed by atoms with van der Waals surface area (Å²) in [5.41, 5.74) is -1.43. The van der Waals surface area contributed by atoms with E-state index in [9.17, 15) is 29.7 Å². The van der Waals surface area contributed by atoms with Gasteiger partial charge in [-0.25, -0.2) is 0 Å². The highest BCUT2D eigenvalue weighted by molar-refractivity contribution is 6.31. The first-order valence-electron chi connectivity index (χ1n) is 6.91. The number of phenols is 3. The van der Waals surface area contributed by atoms with Crippen molar-refractivity contribution in [1.29, 1.82) is 0 Å². The van der Waals surface area contributed by atoms with Crippen LogP contribution in [-0.4, -0.2) is 46.4 Å². The third kappa shape index (κ3) is 2.06. The fourth-order valence-electron chi connectivity index (χ4n) is 2.78. The van der Waals surface area contributed by atoms with E-state index in [-0.39, 0.29) is 28.0 Å². The fraction of sp³-hybridized carbons (Fsp3) is 0.118. The summed E-state index contributed by atoms with van der Waals surface area (Å²) in [5.74, 6) is -3.99. The van der Waals surface area contributed by atoms with Crippen LogP contribution in [0.3, 0.4) is 0 Å². The number of carbonyl (C=O) groups excluding carboxylic acids is 3. The number of Topliss-reactive ketones (excluding diaryl/α,β-unsaturated/α-hetero) is 1. The van der Waals surface area contributed by atoms with Crippen molar-refractivity contribution in [2.45, 2.75) is 0 Å². The number of ketones is 3. The van der Waals surface area contributed by atoms with Gasteiger partial charge in [0.1, 0.15) is 29.4 Å². The number of carbonyl (C=O) groups is 3. The minimum atomic E-state index is -0.778. The van der Waals surface area contributed by atoms with E-state index >= 15 is 0 Å². The molecule has 3 N–H and O–H groups in total. The molecule has 0 fully saturated rings. The predicted octanol–water partition coefficient (Wildman–Crippen LogP) is 1.41. The van der Waals surface area contributed by atoms with E-state index in [4.69, 9.17) is 0 Å². The molecule has 0 heterocycles. The summed E-state index contributed by atoms with van der Waals surface area (Å²) >= 11 is 0. The molecule has 122 valence electrons. The Bertz CT molecular complexity index is 912. The van der Waals surface area contributed by atoms with Gasteiger partial charge in [-0.1, -0.05) is 12.1 Å². The van der Waals surface area contributed by atoms with Crippen molar-refractivity contribution in [2.75, 3.05) is 13.7 Å². The normalized spacial score (nSPS) is 12.7. The van der Waals surface area contributed by atoms with Crippen molar-refractivity contribution < 1.29 is 34.4 Å². The molecule has 0 unspecified atom stereocenters. The summed E-state index contributed by atoms with van der Waals surface area (Å²) in [6.07, 6.45) is 0. The van der Waals surface area contributed by atoms with Crippen LogP contribution in [0.25, 0.3) is 0 Å². The molecule has 0 bridgehead atoms. The Kier molecular flexibility index (Phi) is 3.57. The molecule has 7 heteroatoms. The van der Waals surface area contributed by atoms with E-state index in [1.165, 1.54) is 25.3 Å². The summed E-state index contributed by atoms with van der Waals surface area (Å²) < 4.78 is 4.68. The Morgan fingerprint density at radius 2 is 1.67 bits per heavy atom. The second-order valence-electron chi connectivity index (χ2n) is 5.26. The van der Waals surface area contributed by atoms with Crippen LogP contribution in [0.2, 0.25) is 0 Å². The van der Waals surface area contributed by atoms with Gasteiger partial charge >= 0.3 is 0 Å². The van der Waals surface area contributed by atoms with Crippen LogP contribution in [0.4, 0.5) is 0 Å². The standard InChI is InChI=1S/C17H12O7/c1-24-6-11(20)14-10(19)5-8-13(17(14)23)15(21)7-3-2-4-9(18)12(7)16(8)22/h2-5,18-19,23H,6H2,1H3. The number of benzene rings is 2. The van der Waals surface area contributed by atoms with Gasteiger partial charge in [0.15, 0.2) is 17.3 Å². The Morgan fingerprint density at radius 1 is 1.00 bits per heavy atom. The first-order chi connectivity index (χ1) is 11.4. The van der Waals surface area contributed by atoms with Gasteiger partial charge in [-0.3, -0.25) is 14.4 Å². The van der Waals surface area contributed by atoms with Crippen LogP contribution in [0, 0.1) is 0 Å². The average molecular weight is 328 g/mol. The number of hydrogen-bond donors (Lipinski definition) is 3. The molecule has 7 nitrogen and oxygen atoms in total. The zero-order valence-corrected chi connectivity index (χ0v) is 12.5. The Morgan fingerprint density at radius 3 is 2.33 bits per heavy atom. The zero-order chi connectivity index (χ0) is 17.6. The molecule has 0 aromatic heterocycles. The number of hydrogen-bond acceptors (Lipinski definition) is 7. The van der Waals surface area contributed by atoms with Gasteiger partial charge in [0.2, 0.25) is 0 Å². The second kappa shape index (κ2) is 5.47. The Labute approximate surface area is 135 Å². The molecule has 0 amide bonds. The maximum absolute atomic E-state index is 12.6. The number of fused-ring (bicyclic) bond motifs is 2. The molecule has 1 aliphatic rings. The predicted molar refractivity (Wildman–Crippen MR) is 80.9 cm³/mol. The van der Waals surface area contributed by atoms with Crippen molar-refractivity contribution >= 4 is 17.3 Å².